The molecule has 2 N–H and O–H groups in total. The highest BCUT2D eigenvalue weighted by Crippen LogP contribution is 2.13. The van der Waals surface area contributed by atoms with Gasteiger partial charge in [0.1, 0.15) is 0 Å². The average Bonchev–Trinajstić information content (AvgIpc) is 2.51. The molecule has 0 amide bonds. The van der Waals surface area contributed by atoms with E-state index in [4.69, 9.17) is 5.11 Å². The molecular weight excluding hydrogens is 364 g/mol. The Kier molecular flexibility index (Phi) is 3.87. The summed E-state index contributed by atoms with van der Waals surface area (Å²) < 4.78 is 1.94. The molecule has 1 aromatic heterocycles. The molecule has 0 saturated carbocycles. The lowest BCUT2D eigenvalue weighted by atomic mass is 10.1. The highest BCUT2D eigenvalue weighted by molar-refractivity contribution is 9.10. The van der Waals surface area contributed by atoms with Crippen molar-refractivity contribution in [3.8, 4) is 0 Å². The number of hydrogen-bond donors (Lipinski definition) is 2. The van der Waals surface area contributed by atoms with Gasteiger partial charge in [0.15, 0.2) is 0 Å². The van der Waals surface area contributed by atoms with Crippen molar-refractivity contribution in [3.05, 3.63) is 78.9 Å². The molecule has 23 heavy (non-hydrogen) atoms. The molecule has 0 spiro atoms. The summed E-state index contributed by atoms with van der Waals surface area (Å²) >= 11 is 3.34. The van der Waals surface area contributed by atoms with Gasteiger partial charge in [0, 0.05) is 4.47 Å². The third-order valence-electron chi connectivity index (χ3n) is 3.46. The second kappa shape index (κ2) is 5.85. The minimum Gasteiger partial charge on any atom is -0.478 e. The molecule has 0 aliphatic carbocycles. The molecule has 2 aromatic carbocycles. The number of carbonyl (C=O) groups is 1. The largest absolute Gasteiger partial charge is 0.478 e. The molecule has 0 aliphatic rings. The summed E-state index contributed by atoms with van der Waals surface area (Å²) in [5.41, 5.74) is -0.0122. The van der Waals surface area contributed by atoms with Crippen LogP contribution in [0.2, 0.25) is 0 Å². The van der Waals surface area contributed by atoms with Gasteiger partial charge in [-0.25, -0.2) is 9.59 Å². The molecule has 0 bridgehead atoms. The van der Waals surface area contributed by atoms with Gasteiger partial charge in [-0.2, -0.15) is 0 Å². The van der Waals surface area contributed by atoms with Gasteiger partial charge in [0.05, 0.1) is 23.0 Å². The van der Waals surface area contributed by atoms with Crippen LogP contribution in [-0.2, 0) is 6.54 Å². The summed E-state index contributed by atoms with van der Waals surface area (Å²) in [4.78, 5) is 38.2. The molecule has 6 nitrogen and oxygen atoms in total. The van der Waals surface area contributed by atoms with Crippen molar-refractivity contribution >= 4 is 32.8 Å². The number of carboxylic acid groups (broad SMARTS) is 1. The lowest BCUT2D eigenvalue weighted by molar-refractivity contribution is 0.0697. The molecule has 1 heterocycles. The lowest BCUT2D eigenvalue weighted by Crippen LogP contribution is -2.35. The molecule has 0 fully saturated rings. The molecule has 0 unspecified atom stereocenters. The van der Waals surface area contributed by atoms with Gasteiger partial charge in [-0.15, -0.1) is 0 Å². The van der Waals surface area contributed by atoms with Crippen LogP contribution in [0, 0.1) is 0 Å². The van der Waals surface area contributed by atoms with Gasteiger partial charge in [-0.3, -0.25) is 9.36 Å². The predicted molar refractivity (Wildman–Crippen MR) is 89.0 cm³/mol. The molecule has 3 rings (SSSR count). The van der Waals surface area contributed by atoms with E-state index < -0.39 is 17.2 Å². The van der Waals surface area contributed by atoms with Crippen LogP contribution in [-0.4, -0.2) is 20.6 Å². The number of benzene rings is 2. The monoisotopic (exact) mass is 374 g/mol. The first-order valence-electron chi connectivity index (χ1n) is 6.70. The normalized spacial score (nSPS) is 10.8. The average molecular weight is 375 g/mol. The van der Waals surface area contributed by atoms with Crippen molar-refractivity contribution in [3.63, 3.8) is 0 Å². The predicted octanol–water partition coefficient (Wildman–Crippen LogP) is 2.20. The second-order valence-corrected chi connectivity index (χ2v) is 5.93. The summed E-state index contributed by atoms with van der Waals surface area (Å²) in [6, 6.07) is 11.3. The fraction of sp³-hybridized carbons (Fsp3) is 0.0625. The van der Waals surface area contributed by atoms with E-state index in [-0.39, 0.29) is 23.0 Å². The Morgan fingerprint density at radius 3 is 2.65 bits per heavy atom. The number of halogens is 1. The van der Waals surface area contributed by atoms with Crippen LogP contribution in [0.3, 0.4) is 0 Å². The topological polar surface area (TPSA) is 92.2 Å². The fourth-order valence-corrected chi connectivity index (χ4v) is 2.80. The maximum atomic E-state index is 12.5. The summed E-state index contributed by atoms with van der Waals surface area (Å²) in [6.45, 7) is 0.129. The van der Waals surface area contributed by atoms with Gasteiger partial charge in [-0.1, -0.05) is 28.1 Å². The summed E-state index contributed by atoms with van der Waals surface area (Å²) in [5.74, 6) is -1.12. The summed E-state index contributed by atoms with van der Waals surface area (Å²) in [6.07, 6.45) is 0. The third kappa shape index (κ3) is 2.95. The first-order valence-corrected chi connectivity index (χ1v) is 7.49. The molecule has 0 saturated heterocycles. The van der Waals surface area contributed by atoms with Crippen LogP contribution < -0.4 is 11.2 Å². The van der Waals surface area contributed by atoms with Crippen LogP contribution in [0.5, 0.6) is 0 Å². The fourth-order valence-electron chi connectivity index (χ4n) is 2.35. The second-order valence-electron chi connectivity index (χ2n) is 5.02. The van der Waals surface area contributed by atoms with Crippen LogP contribution in [0.4, 0.5) is 0 Å². The number of carboxylic acids is 1. The molecular formula is C16H11BrN2O4. The Labute approximate surface area is 138 Å². The van der Waals surface area contributed by atoms with E-state index in [0.717, 1.165) is 14.6 Å². The van der Waals surface area contributed by atoms with Gasteiger partial charge in [0.25, 0.3) is 5.56 Å². The third-order valence-corrected chi connectivity index (χ3v) is 3.95. The van der Waals surface area contributed by atoms with Gasteiger partial charge in [-0.05, 0) is 35.9 Å². The summed E-state index contributed by atoms with van der Waals surface area (Å²) in [7, 11) is 0. The SMILES string of the molecule is O=C(O)c1ccc2c(=O)n(Cc3cccc(Br)c3)c(=O)[nH]c2c1. The number of aromatic carboxylic acids is 1. The van der Waals surface area contributed by atoms with Crippen LogP contribution in [0.1, 0.15) is 15.9 Å². The Hall–Kier alpha value is -2.67. The van der Waals surface area contributed by atoms with Crippen molar-refractivity contribution in [1.29, 1.82) is 0 Å². The van der Waals surface area contributed by atoms with E-state index >= 15 is 0 Å². The molecule has 0 radical (unpaired) electrons. The van der Waals surface area contributed by atoms with Crippen LogP contribution >= 0.6 is 15.9 Å². The molecule has 3 aromatic rings. The lowest BCUT2D eigenvalue weighted by Gasteiger charge is -2.07. The van der Waals surface area contributed by atoms with Gasteiger partial charge < -0.3 is 10.1 Å². The van der Waals surface area contributed by atoms with Crippen LogP contribution in [0.15, 0.2) is 56.5 Å². The van der Waals surface area contributed by atoms with Crippen molar-refractivity contribution in [2.45, 2.75) is 6.54 Å². The molecule has 7 heteroatoms. The standard InChI is InChI=1S/C16H11BrN2O4/c17-11-3-1-2-9(6-11)8-19-14(20)12-5-4-10(15(21)22)7-13(12)18-16(19)23/h1-7H,8H2,(H,18,23)(H,21,22). The number of rotatable bonds is 3. The number of aromatic amines is 1. The van der Waals surface area contributed by atoms with E-state index in [1.165, 1.54) is 18.2 Å². The van der Waals surface area contributed by atoms with E-state index in [1.807, 2.05) is 24.3 Å². The zero-order chi connectivity index (χ0) is 16.6. The zero-order valence-electron chi connectivity index (χ0n) is 11.7. The smallest absolute Gasteiger partial charge is 0.335 e. The van der Waals surface area contributed by atoms with E-state index in [1.54, 1.807) is 0 Å². The Balaban J connectivity index is 2.15. The molecule has 0 atom stereocenters. The Morgan fingerprint density at radius 1 is 1.17 bits per heavy atom. The van der Waals surface area contributed by atoms with Crippen LogP contribution in [0.25, 0.3) is 10.9 Å². The maximum absolute atomic E-state index is 12.5. The zero-order valence-corrected chi connectivity index (χ0v) is 13.3. The van der Waals surface area contributed by atoms with E-state index in [0.29, 0.717) is 0 Å². The Morgan fingerprint density at radius 2 is 1.96 bits per heavy atom. The van der Waals surface area contributed by atoms with Gasteiger partial charge in [0.2, 0.25) is 0 Å². The van der Waals surface area contributed by atoms with Crippen molar-refractivity contribution in [2.75, 3.05) is 0 Å². The highest BCUT2D eigenvalue weighted by atomic mass is 79.9. The number of nitrogens with zero attached hydrogens (tertiary/aromatic N) is 1. The van der Waals surface area contributed by atoms with E-state index in [2.05, 4.69) is 20.9 Å². The number of nitrogens with one attached hydrogen (secondary N) is 1. The minimum atomic E-state index is -1.12. The number of hydrogen-bond acceptors (Lipinski definition) is 3. The van der Waals surface area contributed by atoms with Gasteiger partial charge >= 0.3 is 11.7 Å². The number of fused-ring (bicyclic) bond motifs is 1. The van der Waals surface area contributed by atoms with Crippen molar-refractivity contribution in [2.24, 2.45) is 0 Å². The maximum Gasteiger partial charge on any atom is 0.335 e. The van der Waals surface area contributed by atoms with Crippen molar-refractivity contribution < 1.29 is 9.90 Å². The summed E-state index contributed by atoms with van der Waals surface area (Å²) in [5, 5.41) is 9.25. The molecule has 0 aliphatic heterocycles. The van der Waals surface area contributed by atoms with Crippen molar-refractivity contribution in [1.82, 2.24) is 9.55 Å². The highest BCUT2D eigenvalue weighted by Gasteiger charge is 2.11. The quantitative estimate of drug-likeness (QED) is 0.734. The number of H-pyrrole nitrogens is 1. The Bertz CT molecular complexity index is 1040. The number of aromatic nitrogens is 2. The minimum absolute atomic E-state index is 0.0114. The first-order chi connectivity index (χ1) is 11.0. The van der Waals surface area contributed by atoms with E-state index in [9.17, 15) is 14.4 Å². The molecule has 116 valence electrons. The first kappa shape index (κ1) is 15.2.